The topological polar surface area (TPSA) is 133 Å². The molecule has 1 fully saturated rings. The van der Waals surface area contributed by atoms with E-state index < -0.39 is 24.1 Å². The van der Waals surface area contributed by atoms with Gasteiger partial charge in [0.25, 0.3) is 5.91 Å². The van der Waals surface area contributed by atoms with E-state index in [1.54, 1.807) is 20.3 Å². The van der Waals surface area contributed by atoms with Gasteiger partial charge in [0.2, 0.25) is 0 Å². The highest BCUT2D eigenvalue weighted by Gasteiger charge is 2.40. The Morgan fingerprint density at radius 1 is 0.880 bits per heavy atom. The van der Waals surface area contributed by atoms with Gasteiger partial charge in [0.15, 0.2) is 17.8 Å². The van der Waals surface area contributed by atoms with E-state index in [-0.39, 0.29) is 41.4 Å². The summed E-state index contributed by atoms with van der Waals surface area (Å²) in [6, 6.07) is 23.4. The molecule has 4 aromatic carbocycles. The number of benzene rings is 4. The Hall–Kier alpha value is -5.07. The van der Waals surface area contributed by atoms with Crippen molar-refractivity contribution >= 4 is 23.5 Å². The van der Waals surface area contributed by atoms with Crippen LogP contribution in [0.3, 0.4) is 0 Å². The Bertz CT molecular complexity index is 1940. The lowest BCUT2D eigenvalue weighted by Crippen LogP contribution is -2.45. The fourth-order valence-electron chi connectivity index (χ4n) is 6.87. The smallest absolute Gasteiger partial charge is 0.346 e. The third-order valence-corrected chi connectivity index (χ3v) is 9.68. The lowest BCUT2D eigenvalue weighted by atomic mass is 9.89. The van der Waals surface area contributed by atoms with Gasteiger partial charge in [-0.05, 0) is 71.1 Å². The first-order chi connectivity index (χ1) is 24.2. The van der Waals surface area contributed by atoms with E-state index in [1.165, 1.54) is 29.3 Å². The maximum Gasteiger partial charge on any atom is 0.346 e. The number of nitrogens with one attached hydrogen (secondary N) is 1. The molecule has 0 spiro atoms. The number of amides is 1. The molecule has 4 atom stereocenters. The van der Waals surface area contributed by atoms with Gasteiger partial charge in [-0.2, -0.15) is 0 Å². The van der Waals surface area contributed by atoms with Crippen molar-refractivity contribution in [3.8, 4) is 11.5 Å². The van der Waals surface area contributed by atoms with Gasteiger partial charge in [0.05, 0.1) is 44.2 Å². The average molecular weight is 679 g/mol. The molecular formula is C39H38N2O9. The SMILES string of the molecule is COc1cc2c(cc1OC)CN(C[C@H]1OC(c3cccc(NC(=O)c4ccc5c(c4)C(=O)OC5=O)c3)O[C@@H](c3ccc(CO)cc3)[C@H]1C)CC2. The molecule has 1 saturated heterocycles. The van der Waals surface area contributed by atoms with Crippen molar-refractivity contribution < 1.29 is 43.2 Å². The van der Waals surface area contributed by atoms with Crippen LogP contribution in [-0.2, 0) is 33.8 Å². The molecule has 0 aliphatic carbocycles. The molecule has 0 aromatic heterocycles. The Kier molecular flexibility index (Phi) is 9.39. The van der Waals surface area contributed by atoms with Crippen molar-refractivity contribution in [1.82, 2.24) is 4.90 Å². The minimum atomic E-state index is -0.772. The minimum absolute atomic E-state index is 0.0145. The lowest BCUT2D eigenvalue weighted by Gasteiger charge is -2.43. The van der Waals surface area contributed by atoms with Crippen LogP contribution in [0.15, 0.2) is 78.9 Å². The number of nitrogens with zero attached hydrogens (tertiary/aromatic N) is 1. The summed E-state index contributed by atoms with van der Waals surface area (Å²) in [5, 5.41) is 12.5. The first-order valence-corrected chi connectivity index (χ1v) is 16.5. The van der Waals surface area contributed by atoms with Gasteiger partial charge >= 0.3 is 11.9 Å². The fraction of sp³-hybridized carbons (Fsp3) is 0.308. The van der Waals surface area contributed by atoms with Crippen LogP contribution in [0.4, 0.5) is 5.69 Å². The van der Waals surface area contributed by atoms with Crippen molar-refractivity contribution in [2.45, 2.75) is 45.0 Å². The summed E-state index contributed by atoms with van der Waals surface area (Å²) in [6.45, 7) is 4.34. The van der Waals surface area contributed by atoms with Crippen molar-refractivity contribution in [3.05, 3.63) is 123 Å². The van der Waals surface area contributed by atoms with Crippen LogP contribution in [-0.4, -0.2) is 61.3 Å². The van der Waals surface area contributed by atoms with E-state index in [9.17, 15) is 19.5 Å². The standard InChI is InChI=1S/C39H38N2O9/c1-22-34(20-41-14-13-25-17-32(46-2)33(47-3)18-28(25)19-41)48-39(49-35(22)24-9-7-23(21-42)8-10-24)27-5-4-6-29(15-27)40-36(43)26-11-12-30-31(16-26)38(45)50-37(30)44/h4-12,15-18,22,34-35,39,42H,13-14,19-21H2,1-3H3,(H,40,43)/t22-,34+,35+,39?/m0/s1. The molecule has 11 heteroatoms. The van der Waals surface area contributed by atoms with E-state index in [4.69, 9.17) is 18.9 Å². The molecule has 258 valence electrons. The number of anilines is 1. The number of ether oxygens (including phenoxy) is 5. The summed E-state index contributed by atoms with van der Waals surface area (Å²) in [7, 11) is 3.29. The minimum Gasteiger partial charge on any atom is -0.493 e. The Balaban J connectivity index is 1.12. The second-order valence-electron chi connectivity index (χ2n) is 12.8. The zero-order chi connectivity index (χ0) is 34.9. The van der Waals surface area contributed by atoms with Crippen LogP contribution >= 0.6 is 0 Å². The van der Waals surface area contributed by atoms with Crippen LogP contribution in [0, 0.1) is 5.92 Å². The van der Waals surface area contributed by atoms with Crippen molar-refractivity contribution in [3.63, 3.8) is 0 Å². The number of cyclic esters (lactones) is 2. The number of carbonyl (C=O) groups excluding carboxylic acids is 3. The Morgan fingerprint density at radius 2 is 1.62 bits per heavy atom. The highest BCUT2D eigenvalue weighted by Crippen LogP contribution is 2.43. The first kappa shape index (κ1) is 33.4. The van der Waals surface area contributed by atoms with Crippen LogP contribution in [0.5, 0.6) is 11.5 Å². The number of aliphatic hydroxyl groups is 1. The Morgan fingerprint density at radius 3 is 2.36 bits per heavy atom. The number of fused-ring (bicyclic) bond motifs is 2. The first-order valence-electron chi connectivity index (χ1n) is 16.5. The second-order valence-corrected chi connectivity index (χ2v) is 12.8. The zero-order valence-electron chi connectivity index (χ0n) is 28.0. The third kappa shape index (κ3) is 6.60. The van der Waals surface area contributed by atoms with Gasteiger partial charge in [-0.15, -0.1) is 0 Å². The molecule has 0 radical (unpaired) electrons. The summed E-state index contributed by atoms with van der Waals surface area (Å²) in [6.07, 6.45) is -0.380. The average Bonchev–Trinajstić information content (AvgIpc) is 3.43. The predicted molar refractivity (Wildman–Crippen MR) is 182 cm³/mol. The van der Waals surface area contributed by atoms with Gasteiger partial charge in [0.1, 0.15) is 0 Å². The van der Waals surface area contributed by atoms with Crippen LogP contribution in [0.1, 0.15) is 78.2 Å². The maximum atomic E-state index is 13.2. The van der Waals surface area contributed by atoms with Gasteiger partial charge in [-0.3, -0.25) is 9.69 Å². The van der Waals surface area contributed by atoms with Crippen LogP contribution in [0.2, 0.25) is 0 Å². The molecule has 7 rings (SSSR count). The van der Waals surface area contributed by atoms with Gasteiger partial charge < -0.3 is 34.1 Å². The molecule has 3 aliphatic rings. The molecule has 3 heterocycles. The normalized spacial score (nSPS) is 21.6. The van der Waals surface area contributed by atoms with E-state index in [0.29, 0.717) is 18.0 Å². The number of rotatable bonds is 9. The molecule has 1 unspecified atom stereocenters. The summed E-state index contributed by atoms with van der Waals surface area (Å²) < 4.78 is 29.1. The van der Waals surface area contributed by atoms with Crippen LogP contribution < -0.4 is 14.8 Å². The monoisotopic (exact) mass is 678 g/mol. The molecule has 0 bridgehead atoms. The highest BCUT2D eigenvalue weighted by molar-refractivity contribution is 6.16. The predicted octanol–water partition coefficient (Wildman–Crippen LogP) is 5.61. The third-order valence-electron chi connectivity index (χ3n) is 9.68. The quantitative estimate of drug-likeness (QED) is 0.170. The number of carbonyl (C=O) groups is 3. The maximum absolute atomic E-state index is 13.2. The number of aliphatic hydroxyl groups excluding tert-OH is 1. The molecule has 1 amide bonds. The van der Waals surface area contributed by atoms with Gasteiger partial charge in [0, 0.05) is 42.4 Å². The van der Waals surface area contributed by atoms with E-state index in [1.807, 2.05) is 42.5 Å². The van der Waals surface area contributed by atoms with Crippen molar-refractivity contribution in [1.29, 1.82) is 0 Å². The van der Waals surface area contributed by atoms with Gasteiger partial charge in [-0.25, -0.2) is 9.59 Å². The van der Waals surface area contributed by atoms with Crippen LogP contribution in [0.25, 0.3) is 0 Å². The summed E-state index contributed by atoms with van der Waals surface area (Å²) in [5.74, 6) is -0.526. The van der Waals surface area contributed by atoms with E-state index in [2.05, 4.69) is 34.0 Å². The van der Waals surface area contributed by atoms with Crippen molar-refractivity contribution in [2.24, 2.45) is 5.92 Å². The highest BCUT2D eigenvalue weighted by atomic mass is 16.7. The summed E-state index contributed by atoms with van der Waals surface area (Å²) in [4.78, 5) is 39.5. The summed E-state index contributed by atoms with van der Waals surface area (Å²) in [5.41, 5.74) is 5.87. The van der Waals surface area contributed by atoms with Gasteiger partial charge in [-0.1, -0.05) is 43.3 Å². The largest absolute Gasteiger partial charge is 0.493 e. The molecular weight excluding hydrogens is 640 g/mol. The molecule has 4 aromatic rings. The zero-order valence-corrected chi connectivity index (χ0v) is 28.0. The molecule has 3 aliphatic heterocycles. The number of hydrogen-bond acceptors (Lipinski definition) is 10. The fourth-order valence-corrected chi connectivity index (χ4v) is 6.87. The Labute approximate surface area is 289 Å². The van der Waals surface area contributed by atoms with Crippen molar-refractivity contribution in [2.75, 3.05) is 32.6 Å². The second kappa shape index (κ2) is 14.0. The molecule has 50 heavy (non-hydrogen) atoms. The molecule has 2 N–H and O–H groups in total. The van der Waals surface area contributed by atoms with E-state index >= 15 is 0 Å². The number of esters is 2. The number of hydrogen-bond donors (Lipinski definition) is 2. The lowest BCUT2D eigenvalue weighted by molar-refractivity contribution is -0.276. The molecule has 11 nitrogen and oxygen atoms in total. The summed E-state index contributed by atoms with van der Waals surface area (Å²) >= 11 is 0. The number of methoxy groups -OCH3 is 2. The molecule has 0 saturated carbocycles. The van der Waals surface area contributed by atoms with E-state index in [0.717, 1.165) is 42.0 Å².